The first-order valence-electron chi connectivity index (χ1n) is 8.74. The van der Waals surface area contributed by atoms with Gasteiger partial charge < -0.3 is 0 Å². The fourth-order valence-corrected chi connectivity index (χ4v) is 4.00. The van der Waals surface area contributed by atoms with Crippen molar-refractivity contribution in [3.63, 3.8) is 0 Å². The Morgan fingerprint density at radius 1 is 0.958 bits per heavy atom. The van der Waals surface area contributed by atoms with Gasteiger partial charge in [0.1, 0.15) is 0 Å². The van der Waals surface area contributed by atoms with Gasteiger partial charge in [0.15, 0.2) is 0 Å². The van der Waals surface area contributed by atoms with Gasteiger partial charge in [-0.1, -0.05) is 25.3 Å². The summed E-state index contributed by atoms with van der Waals surface area (Å²) in [7, 11) is 0. The Labute approximate surface area is 151 Å². The van der Waals surface area contributed by atoms with E-state index in [0.29, 0.717) is 31.6 Å². The molecule has 134 valence electrons. The summed E-state index contributed by atoms with van der Waals surface area (Å²) in [6, 6.07) is 0. The Hall–Kier alpha value is -1.21. The third-order valence-corrected chi connectivity index (χ3v) is 5.46. The molecule has 6 nitrogen and oxygen atoms in total. The number of allylic oxidation sites excluding steroid dienone is 2. The van der Waals surface area contributed by atoms with E-state index in [1.807, 2.05) is 0 Å². The molecule has 0 saturated heterocycles. The zero-order valence-corrected chi connectivity index (χ0v) is 15.4. The van der Waals surface area contributed by atoms with Crippen molar-refractivity contribution in [3.05, 3.63) is 10.6 Å². The molecule has 2 saturated carbocycles. The highest BCUT2D eigenvalue weighted by atomic mass is 79.9. The van der Waals surface area contributed by atoms with Gasteiger partial charge in [-0.05, 0) is 60.4 Å². The predicted octanol–water partition coefficient (Wildman–Crippen LogP) is 3.26. The number of hydroxylamine groups is 1. The number of nitrogens with zero attached hydrogens (tertiary/aromatic N) is 1. The number of hydrogen-bond donors (Lipinski definition) is 3. The van der Waals surface area contributed by atoms with E-state index in [9.17, 15) is 9.59 Å². The lowest BCUT2D eigenvalue weighted by molar-refractivity contribution is -0.136. The molecule has 0 aromatic carbocycles. The van der Waals surface area contributed by atoms with E-state index in [0.717, 1.165) is 4.48 Å². The van der Waals surface area contributed by atoms with Crippen LogP contribution in [0.15, 0.2) is 15.7 Å². The largest absolute Gasteiger partial charge is 0.289 e. The summed E-state index contributed by atoms with van der Waals surface area (Å²) < 4.78 is 0.901. The monoisotopic (exact) mass is 399 g/mol. The number of hydrazone groups is 1. The zero-order valence-electron chi connectivity index (χ0n) is 13.8. The highest BCUT2D eigenvalue weighted by Gasteiger charge is 2.29. The summed E-state index contributed by atoms with van der Waals surface area (Å²) in [4.78, 5) is 23.5. The molecule has 0 aromatic heterocycles. The van der Waals surface area contributed by atoms with Crippen molar-refractivity contribution in [1.82, 2.24) is 10.9 Å². The van der Waals surface area contributed by atoms with Crippen molar-refractivity contribution in [1.29, 1.82) is 0 Å². The summed E-state index contributed by atoms with van der Waals surface area (Å²) >= 11 is 3.48. The molecule has 0 aliphatic heterocycles. The zero-order chi connectivity index (χ0) is 17.4. The number of halogens is 1. The van der Waals surface area contributed by atoms with Crippen LogP contribution < -0.4 is 10.9 Å². The summed E-state index contributed by atoms with van der Waals surface area (Å²) in [5, 5.41) is 12.7. The summed E-state index contributed by atoms with van der Waals surface area (Å²) in [5.74, 6) is -0.180. The minimum Gasteiger partial charge on any atom is -0.289 e. The van der Waals surface area contributed by atoms with Crippen LogP contribution in [0.4, 0.5) is 0 Å². The Kier molecular flexibility index (Phi) is 7.91. The first-order chi connectivity index (χ1) is 11.6. The van der Waals surface area contributed by atoms with Crippen molar-refractivity contribution in [2.75, 3.05) is 0 Å². The molecule has 2 amide bonds. The highest BCUT2D eigenvalue weighted by molar-refractivity contribution is 9.12. The van der Waals surface area contributed by atoms with Crippen LogP contribution in [-0.2, 0) is 9.59 Å². The second kappa shape index (κ2) is 9.93. The first-order valence-corrected chi connectivity index (χ1v) is 9.53. The van der Waals surface area contributed by atoms with Crippen LogP contribution >= 0.6 is 15.9 Å². The fourth-order valence-electron chi connectivity index (χ4n) is 3.53. The Balaban J connectivity index is 1.72. The van der Waals surface area contributed by atoms with Gasteiger partial charge in [-0.3, -0.25) is 14.8 Å². The molecule has 2 rings (SSSR count). The smallest absolute Gasteiger partial charge is 0.246 e. The Bertz CT molecular complexity index is 493. The topological polar surface area (TPSA) is 90.8 Å². The predicted molar refractivity (Wildman–Crippen MR) is 95.6 cm³/mol. The lowest BCUT2D eigenvalue weighted by atomic mass is 9.81. The minimum absolute atomic E-state index is 0.105. The number of amides is 2. The van der Waals surface area contributed by atoms with Crippen LogP contribution in [0.3, 0.4) is 0 Å². The van der Waals surface area contributed by atoms with E-state index in [-0.39, 0.29) is 23.7 Å². The summed E-state index contributed by atoms with van der Waals surface area (Å²) in [5.41, 5.74) is 4.27. The van der Waals surface area contributed by atoms with E-state index in [2.05, 4.69) is 32.5 Å². The minimum atomic E-state index is -0.358. The van der Waals surface area contributed by atoms with E-state index >= 15 is 0 Å². The molecule has 2 fully saturated rings. The molecule has 24 heavy (non-hydrogen) atoms. The molecular weight excluding hydrogens is 374 g/mol. The molecule has 0 spiro atoms. The summed E-state index contributed by atoms with van der Waals surface area (Å²) in [6.45, 7) is 0. The van der Waals surface area contributed by atoms with Crippen LogP contribution in [0, 0.1) is 17.8 Å². The Morgan fingerprint density at radius 2 is 1.54 bits per heavy atom. The van der Waals surface area contributed by atoms with Gasteiger partial charge in [0.05, 0.1) is 6.21 Å². The molecule has 0 heterocycles. The molecule has 2 aliphatic carbocycles. The van der Waals surface area contributed by atoms with Crippen molar-refractivity contribution in [2.45, 2.75) is 57.8 Å². The molecule has 0 radical (unpaired) electrons. The van der Waals surface area contributed by atoms with E-state index in [1.165, 1.54) is 32.1 Å². The van der Waals surface area contributed by atoms with Crippen LogP contribution in [0.2, 0.25) is 0 Å². The molecule has 3 N–H and O–H groups in total. The van der Waals surface area contributed by atoms with Gasteiger partial charge in [-0.15, -0.1) is 0 Å². The van der Waals surface area contributed by atoms with Gasteiger partial charge in [0, 0.05) is 16.3 Å². The third-order valence-electron chi connectivity index (χ3n) is 4.99. The number of nitrogens with one attached hydrogen (secondary N) is 2. The third kappa shape index (κ3) is 6.02. The number of carbonyl (C=O) groups is 2. The molecular formula is C17H26BrN3O3. The molecule has 2 aliphatic rings. The molecule has 7 heteroatoms. The van der Waals surface area contributed by atoms with Crippen LogP contribution in [0.25, 0.3) is 0 Å². The second-order valence-electron chi connectivity index (χ2n) is 6.71. The summed E-state index contributed by atoms with van der Waals surface area (Å²) in [6.07, 6.45) is 12.6. The second-order valence-corrected chi connectivity index (χ2v) is 7.62. The van der Waals surface area contributed by atoms with Crippen molar-refractivity contribution < 1.29 is 14.8 Å². The maximum atomic E-state index is 12.1. The number of rotatable bonds is 5. The first kappa shape index (κ1) is 19.1. The SMILES string of the molecule is O=C(NO)C1CCC(C(=O)N/N=C/C(Br)=C/C2CCCCC2)CC1. The van der Waals surface area contributed by atoms with Crippen LogP contribution in [0.5, 0.6) is 0 Å². The van der Waals surface area contributed by atoms with Crippen LogP contribution in [-0.4, -0.2) is 23.2 Å². The van der Waals surface area contributed by atoms with E-state index < -0.39 is 0 Å². The van der Waals surface area contributed by atoms with Gasteiger partial charge in [-0.2, -0.15) is 5.10 Å². The van der Waals surface area contributed by atoms with Crippen molar-refractivity contribution in [3.8, 4) is 0 Å². The molecule has 0 unspecified atom stereocenters. The number of hydrogen-bond acceptors (Lipinski definition) is 4. The lowest BCUT2D eigenvalue weighted by Gasteiger charge is -2.25. The van der Waals surface area contributed by atoms with Gasteiger partial charge in [0.2, 0.25) is 11.8 Å². The maximum Gasteiger partial charge on any atom is 0.246 e. The van der Waals surface area contributed by atoms with Crippen molar-refractivity contribution in [2.24, 2.45) is 22.9 Å². The van der Waals surface area contributed by atoms with Gasteiger partial charge in [0.25, 0.3) is 0 Å². The maximum absolute atomic E-state index is 12.1. The quantitative estimate of drug-likeness (QED) is 0.376. The van der Waals surface area contributed by atoms with Gasteiger partial charge >= 0.3 is 0 Å². The highest BCUT2D eigenvalue weighted by Crippen LogP contribution is 2.29. The van der Waals surface area contributed by atoms with Crippen molar-refractivity contribution >= 4 is 34.0 Å². The van der Waals surface area contributed by atoms with Crippen LogP contribution in [0.1, 0.15) is 57.8 Å². The van der Waals surface area contributed by atoms with E-state index in [4.69, 9.17) is 5.21 Å². The average Bonchev–Trinajstić information content (AvgIpc) is 2.62. The molecule has 0 aromatic rings. The molecule has 0 atom stereocenters. The van der Waals surface area contributed by atoms with Gasteiger partial charge in [-0.25, -0.2) is 10.9 Å². The standard InChI is InChI=1S/C17H26BrN3O3/c18-15(10-12-4-2-1-3-5-12)11-19-20-16(22)13-6-8-14(9-7-13)17(23)21-24/h10-14,24H,1-9H2,(H,20,22)(H,21,23)/b15-10-,19-11+. The Morgan fingerprint density at radius 3 is 2.12 bits per heavy atom. The molecule has 0 bridgehead atoms. The average molecular weight is 400 g/mol. The normalized spacial score (nSPS) is 26.3. The lowest BCUT2D eigenvalue weighted by Crippen LogP contribution is -2.35. The van der Waals surface area contributed by atoms with E-state index in [1.54, 1.807) is 11.7 Å². The fraction of sp³-hybridized carbons (Fsp3) is 0.706. The number of carbonyl (C=O) groups excluding carboxylic acids is 2.